The zero-order valence-corrected chi connectivity index (χ0v) is 12.8. The molecule has 0 spiro atoms. The molecule has 0 bridgehead atoms. The molecule has 1 aromatic heterocycles. The monoisotopic (exact) mass is 286 g/mol. The molecule has 0 fully saturated rings. The summed E-state index contributed by atoms with van der Waals surface area (Å²) in [5.74, 6) is 2.80. The normalized spacial score (nSPS) is 10.7. The van der Waals surface area contributed by atoms with Gasteiger partial charge in [-0.05, 0) is 30.7 Å². The number of pyridine rings is 1. The smallest absolute Gasteiger partial charge is 0.169 e. The average molecular weight is 286 g/mol. The molecule has 2 rings (SSSR count). The minimum atomic E-state index is 0.623. The molecule has 0 unspecified atom stereocenters. The van der Waals surface area contributed by atoms with Crippen molar-refractivity contribution in [3.8, 4) is 17.2 Å². The Morgan fingerprint density at radius 3 is 2.62 bits per heavy atom. The SMILES string of the molecule is COc1ccccc1Oc1ccnc(CNCC(C)C)c1. The molecule has 0 radical (unpaired) electrons. The second kappa shape index (κ2) is 7.64. The van der Waals surface area contributed by atoms with Crippen molar-refractivity contribution in [2.75, 3.05) is 13.7 Å². The molecule has 0 saturated heterocycles. The largest absolute Gasteiger partial charge is 0.493 e. The Hall–Kier alpha value is -2.07. The van der Waals surface area contributed by atoms with Gasteiger partial charge in [-0.1, -0.05) is 26.0 Å². The molecule has 0 amide bonds. The minimum Gasteiger partial charge on any atom is -0.493 e. The van der Waals surface area contributed by atoms with Crippen LogP contribution in [0.5, 0.6) is 17.2 Å². The maximum atomic E-state index is 5.88. The summed E-state index contributed by atoms with van der Waals surface area (Å²) >= 11 is 0. The molecule has 0 aliphatic carbocycles. The second-order valence-electron chi connectivity index (χ2n) is 5.26. The lowest BCUT2D eigenvalue weighted by Crippen LogP contribution is -2.19. The highest BCUT2D eigenvalue weighted by Gasteiger charge is 2.05. The standard InChI is InChI=1S/C17H22N2O2/c1-13(2)11-18-12-14-10-15(8-9-19-14)21-17-7-5-4-6-16(17)20-3/h4-10,13,18H,11-12H2,1-3H3. The first-order valence-electron chi connectivity index (χ1n) is 7.15. The van der Waals surface area contributed by atoms with Crippen molar-refractivity contribution in [3.63, 3.8) is 0 Å². The van der Waals surface area contributed by atoms with Crippen LogP contribution in [-0.4, -0.2) is 18.6 Å². The second-order valence-corrected chi connectivity index (χ2v) is 5.26. The molecule has 21 heavy (non-hydrogen) atoms. The topological polar surface area (TPSA) is 43.4 Å². The number of hydrogen-bond donors (Lipinski definition) is 1. The van der Waals surface area contributed by atoms with Gasteiger partial charge in [0.2, 0.25) is 0 Å². The van der Waals surface area contributed by atoms with Crippen LogP contribution < -0.4 is 14.8 Å². The summed E-state index contributed by atoms with van der Waals surface area (Å²) < 4.78 is 11.2. The highest BCUT2D eigenvalue weighted by atomic mass is 16.5. The molecule has 2 aromatic rings. The average Bonchev–Trinajstić information content (AvgIpc) is 2.48. The van der Waals surface area contributed by atoms with Gasteiger partial charge in [-0.2, -0.15) is 0 Å². The van der Waals surface area contributed by atoms with E-state index in [0.717, 1.165) is 24.5 Å². The Bertz CT molecular complexity index is 570. The number of rotatable bonds is 7. The number of hydrogen-bond acceptors (Lipinski definition) is 4. The van der Waals surface area contributed by atoms with E-state index >= 15 is 0 Å². The highest BCUT2D eigenvalue weighted by Crippen LogP contribution is 2.30. The van der Waals surface area contributed by atoms with E-state index in [9.17, 15) is 0 Å². The number of nitrogens with zero attached hydrogens (tertiary/aromatic N) is 1. The number of aromatic nitrogens is 1. The minimum absolute atomic E-state index is 0.623. The third-order valence-corrected chi connectivity index (χ3v) is 2.94. The van der Waals surface area contributed by atoms with Gasteiger partial charge in [0.15, 0.2) is 11.5 Å². The van der Waals surface area contributed by atoms with Crippen LogP contribution in [0, 0.1) is 5.92 Å². The quantitative estimate of drug-likeness (QED) is 0.844. The molecule has 0 aliphatic heterocycles. The Morgan fingerprint density at radius 1 is 1.14 bits per heavy atom. The van der Waals surface area contributed by atoms with E-state index in [4.69, 9.17) is 9.47 Å². The predicted octanol–water partition coefficient (Wildman–Crippen LogP) is 3.63. The lowest BCUT2D eigenvalue weighted by atomic mass is 10.2. The summed E-state index contributed by atoms with van der Waals surface area (Å²) in [6.45, 7) is 6.07. The number of ether oxygens (including phenoxy) is 2. The van der Waals surface area contributed by atoms with E-state index in [1.807, 2.05) is 36.4 Å². The Kier molecular flexibility index (Phi) is 5.58. The van der Waals surface area contributed by atoms with E-state index in [1.165, 1.54) is 0 Å². The van der Waals surface area contributed by atoms with E-state index in [0.29, 0.717) is 17.4 Å². The van der Waals surface area contributed by atoms with Gasteiger partial charge < -0.3 is 14.8 Å². The van der Waals surface area contributed by atoms with Crippen molar-refractivity contribution in [2.24, 2.45) is 5.92 Å². The third-order valence-electron chi connectivity index (χ3n) is 2.94. The van der Waals surface area contributed by atoms with Gasteiger partial charge in [0, 0.05) is 18.8 Å². The summed E-state index contributed by atoms with van der Waals surface area (Å²) in [4.78, 5) is 4.35. The molecule has 112 valence electrons. The Labute approximate surface area is 126 Å². The van der Waals surface area contributed by atoms with Gasteiger partial charge >= 0.3 is 0 Å². The summed E-state index contributed by atoms with van der Waals surface area (Å²) in [6, 6.07) is 11.4. The van der Waals surface area contributed by atoms with E-state index in [1.54, 1.807) is 13.3 Å². The summed E-state index contributed by atoms with van der Waals surface area (Å²) in [6.07, 6.45) is 1.76. The number of nitrogens with one attached hydrogen (secondary N) is 1. The Balaban J connectivity index is 2.03. The van der Waals surface area contributed by atoms with Gasteiger partial charge in [0.1, 0.15) is 5.75 Å². The molecule has 0 atom stereocenters. The number of para-hydroxylation sites is 2. The molecule has 4 heteroatoms. The van der Waals surface area contributed by atoms with Crippen LogP contribution in [0.3, 0.4) is 0 Å². The van der Waals surface area contributed by atoms with Crippen molar-refractivity contribution < 1.29 is 9.47 Å². The Morgan fingerprint density at radius 2 is 1.90 bits per heavy atom. The van der Waals surface area contributed by atoms with Gasteiger partial charge in [0.05, 0.1) is 12.8 Å². The van der Waals surface area contributed by atoms with Crippen LogP contribution in [-0.2, 0) is 6.54 Å². The van der Waals surface area contributed by atoms with Gasteiger partial charge in [-0.15, -0.1) is 0 Å². The lowest BCUT2D eigenvalue weighted by Gasteiger charge is -2.11. The predicted molar refractivity (Wildman–Crippen MR) is 83.8 cm³/mol. The highest BCUT2D eigenvalue weighted by molar-refractivity contribution is 5.42. The molecule has 1 heterocycles. The molecule has 1 aromatic carbocycles. The van der Waals surface area contributed by atoms with Crippen molar-refractivity contribution >= 4 is 0 Å². The first-order valence-corrected chi connectivity index (χ1v) is 7.15. The first-order chi connectivity index (χ1) is 10.2. The van der Waals surface area contributed by atoms with Crippen molar-refractivity contribution in [1.82, 2.24) is 10.3 Å². The van der Waals surface area contributed by atoms with Gasteiger partial charge in [-0.3, -0.25) is 4.98 Å². The van der Waals surface area contributed by atoms with Crippen LogP contribution in [0.2, 0.25) is 0 Å². The molecule has 4 nitrogen and oxygen atoms in total. The van der Waals surface area contributed by atoms with E-state index in [-0.39, 0.29) is 0 Å². The van der Waals surface area contributed by atoms with Crippen molar-refractivity contribution in [2.45, 2.75) is 20.4 Å². The zero-order valence-electron chi connectivity index (χ0n) is 12.8. The van der Waals surface area contributed by atoms with E-state index < -0.39 is 0 Å². The first kappa shape index (κ1) is 15.3. The fourth-order valence-electron chi connectivity index (χ4n) is 1.94. The summed E-state index contributed by atoms with van der Waals surface area (Å²) in [7, 11) is 1.63. The van der Waals surface area contributed by atoms with E-state index in [2.05, 4.69) is 24.1 Å². The zero-order chi connectivity index (χ0) is 15.1. The summed E-state index contributed by atoms with van der Waals surface area (Å²) in [5.41, 5.74) is 0.961. The van der Waals surface area contributed by atoms with Crippen LogP contribution in [0.25, 0.3) is 0 Å². The lowest BCUT2D eigenvalue weighted by molar-refractivity contribution is 0.378. The molecular weight excluding hydrogens is 264 g/mol. The maximum absolute atomic E-state index is 5.88. The maximum Gasteiger partial charge on any atom is 0.169 e. The fraction of sp³-hybridized carbons (Fsp3) is 0.353. The van der Waals surface area contributed by atoms with Crippen LogP contribution in [0.4, 0.5) is 0 Å². The molecule has 0 aliphatic rings. The van der Waals surface area contributed by atoms with Crippen LogP contribution >= 0.6 is 0 Å². The number of benzene rings is 1. The van der Waals surface area contributed by atoms with Gasteiger partial charge in [0.25, 0.3) is 0 Å². The number of methoxy groups -OCH3 is 1. The van der Waals surface area contributed by atoms with Crippen molar-refractivity contribution in [3.05, 3.63) is 48.3 Å². The molecular formula is C17H22N2O2. The molecule has 0 saturated carbocycles. The summed E-state index contributed by atoms with van der Waals surface area (Å²) in [5, 5.41) is 3.37. The van der Waals surface area contributed by atoms with Crippen molar-refractivity contribution in [1.29, 1.82) is 0 Å². The van der Waals surface area contributed by atoms with Crippen LogP contribution in [0.15, 0.2) is 42.6 Å². The fourth-order valence-corrected chi connectivity index (χ4v) is 1.94. The van der Waals surface area contributed by atoms with Crippen LogP contribution in [0.1, 0.15) is 19.5 Å². The molecule has 1 N–H and O–H groups in total. The van der Waals surface area contributed by atoms with Gasteiger partial charge in [-0.25, -0.2) is 0 Å². The third kappa shape index (κ3) is 4.76.